The molecule has 1 aliphatic carbocycles. The number of amides is 1. The van der Waals surface area contributed by atoms with Gasteiger partial charge in [0.2, 0.25) is 5.88 Å². The standard InChI is InChI=1S/C13H12N2O5/c1-19-13-6(3-2-4-14-13)12(18)15-7-5-8(16)10-11(20-10)9(7)17/h2-5,9-11,17H,1H3,(H,15,18). The maximum absolute atomic E-state index is 12.1. The van der Waals surface area contributed by atoms with Gasteiger partial charge in [0, 0.05) is 12.3 Å². The Kier molecular flexibility index (Phi) is 3.00. The van der Waals surface area contributed by atoms with Crippen LogP contribution in [0, 0.1) is 0 Å². The average molecular weight is 276 g/mol. The van der Waals surface area contributed by atoms with E-state index in [0.29, 0.717) is 0 Å². The summed E-state index contributed by atoms with van der Waals surface area (Å²) < 4.78 is 10.0. The summed E-state index contributed by atoms with van der Waals surface area (Å²) in [5.74, 6) is -0.594. The third kappa shape index (κ3) is 2.06. The van der Waals surface area contributed by atoms with Crippen LogP contribution in [0.2, 0.25) is 0 Å². The minimum Gasteiger partial charge on any atom is -0.480 e. The number of ketones is 1. The molecule has 7 nitrogen and oxygen atoms in total. The van der Waals surface area contributed by atoms with Crippen LogP contribution in [0.15, 0.2) is 30.1 Å². The van der Waals surface area contributed by atoms with E-state index < -0.39 is 24.2 Å². The van der Waals surface area contributed by atoms with E-state index in [2.05, 4.69) is 10.3 Å². The molecular formula is C13H12N2O5. The Hall–Kier alpha value is -2.25. The lowest BCUT2D eigenvalue weighted by Gasteiger charge is -2.17. The number of carbonyl (C=O) groups excluding carboxylic acids is 2. The molecule has 2 aliphatic rings. The number of aliphatic hydroxyl groups excluding tert-OH is 1. The lowest BCUT2D eigenvalue weighted by molar-refractivity contribution is -0.116. The van der Waals surface area contributed by atoms with Crippen molar-refractivity contribution >= 4 is 11.7 Å². The fourth-order valence-electron chi connectivity index (χ4n) is 2.13. The van der Waals surface area contributed by atoms with Crippen LogP contribution in [-0.2, 0) is 9.53 Å². The van der Waals surface area contributed by atoms with Gasteiger partial charge in [0.15, 0.2) is 5.78 Å². The Morgan fingerprint density at radius 3 is 3.10 bits per heavy atom. The maximum atomic E-state index is 12.1. The third-order valence-corrected chi connectivity index (χ3v) is 3.20. The van der Waals surface area contributed by atoms with E-state index in [-0.39, 0.29) is 22.9 Å². The smallest absolute Gasteiger partial charge is 0.260 e. The third-order valence-electron chi connectivity index (χ3n) is 3.20. The number of hydrogen-bond acceptors (Lipinski definition) is 6. The van der Waals surface area contributed by atoms with E-state index in [4.69, 9.17) is 9.47 Å². The molecule has 104 valence electrons. The number of aromatic nitrogens is 1. The largest absolute Gasteiger partial charge is 0.480 e. The molecule has 1 fully saturated rings. The van der Waals surface area contributed by atoms with Crippen molar-refractivity contribution in [3.8, 4) is 5.88 Å². The van der Waals surface area contributed by atoms with Crippen molar-refractivity contribution in [2.24, 2.45) is 0 Å². The highest BCUT2D eigenvalue weighted by Gasteiger charge is 2.53. The summed E-state index contributed by atoms with van der Waals surface area (Å²) >= 11 is 0. The Morgan fingerprint density at radius 2 is 2.35 bits per heavy atom. The summed E-state index contributed by atoms with van der Waals surface area (Å²) in [5.41, 5.74) is 0.346. The van der Waals surface area contributed by atoms with Gasteiger partial charge < -0.3 is 19.9 Å². The van der Waals surface area contributed by atoms with Crippen LogP contribution in [0.5, 0.6) is 5.88 Å². The molecule has 1 saturated heterocycles. The number of nitrogens with one attached hydrogen (secondary N) is 1. The first-order valence-corrected chi connectivity index (χ1v) is 6.01. The Bertz CT molecular complexity index is 613. The van der Waals surface area contributed by atoms with Crippen LogP contribution >= 0.6 is 0 Å². The van der Waals surface area contributed by atoms with E-state index in [1.165, 1.54) is 25.4 Å². The fourth-order valence-corrected chi connectivity index (χ4v) is 2.13. The molecule has 0 aromatic carbocycles. The lowest BCUT2D eigenvalue weighted by Crippen LogP contribution is -2.37. The fraction of sp³-hybridized carbons (Fsp3) is 0.308. The summed E-state index contributed by atoms with van der Waals surface area (Å²) in [6.07, 6.45) is 0.553. The van der Waals surface area contributed by atoms with Crippen molar-refractivity contribution in [2.45, 2.75) is 18.3 Å². The normalized spacial score (nSPS) is 27.4. The first-order valence-electron chi connectivity index (χ1n) is 6.01. The molecule has 0 radical (unpaired) electrons. The Balaban J connectivity index is 1.81. The number of nitrogens with zero attached hydrogens (tertiary/aromatic N) is 1. The molecule has 20 heavy (non-hydrogen) atoms. The Morgan fingerprint density at radius 1 is 1.55 bits per heavy atom. The highest BCUT2D eigenvalue weighted by atomic mass is 16.6. The van der Waals surface area contributed by atoms with Crippen molar-refractivity contribution in [2.75, 3.05) is 7.11 Å². The number of methoxy groups -OCH3 is 1. The number of aliphatic hydroxyl groups is 1. The number of epoxide rings is 1. The molecule has 0 saturated carbocycles. The number of pyridine rings is 1. The van der Waals surface area contributed by atoms with Gasteiger partial charge in [-0.1, -0.05) is 0 Å². The molecule has 1 aromatic rings. The van der Waals surface area contributed by atoms with E-state index in [1.807, 2.05) is 0 Å². The van der Waals surface area contributed by atoms with Crippen LogP contribution in [-0.4, -0.2) is 47.2 Å². The molecule has 3 rings (SSSR count). The molecule has 7 heteroatoms. The monoisotopic (exact) mass is 276 g/mol. The molecule has 2 heterocycles. The minimum atomic E-state index is -1.01. The maximum Gasteiger partial charge on any atom is 0.260 e. The number of hydrogen-bond donors (Lipinski definition) is 2. The first-order chi connectivity index (χ1) is 9.61. The van der Waals surface area contributed by atoms with Gasteiger partial charge in [-0.15, -0.1) is 0 Å². The zero-order chi connectivity index (χ0) is 14.3. The minimum absolute atomic E-state index is 0.129. The molecule has 1 aromatic heterocycles. The zero-order valence-corrected chi connectivity index (χ0v) is 10.6. The van der Waals surface area contributed by atoms with Crippen LogP contribution in [0.1, 0.15) is 10.4 Å². The first kappa shape index (κ1) is 12.8. The van der Waals surface area contributed by atoms with Crippen LogP contribution < -0.4 is 10.1 Å². The molecule has 3 unspecified atom stereocenters. The van der Waals surface area contributed by atoms with E-state index in [9.17, 15) is 14.7 Å². The second kappa shape index (κ2) is 4.69. The predicted molar refractivity (Wildman–Crippen MR) is 66.0 cm³/mol. The van der Waals surface area contributed by atoms with Crippen LogP contribution in [0.25, 0.3) is 0 Å². The SMILES string of the molecule is COc1ncccc1C(=O)NC1=CC(=O)C2OC2C1O. The van der Waals surface area contributed by atoms with Crippen LogP contribution in [0.3, 0.4) is 0 Å². The summed E-state index contributed by atoms with van der Waals surface area (Å²) in [7, 11) is 1.40. The van der Waals surface area contributed by atoms with Gasteiger partial charge in [-0.25, -0.2) is 4.98 Å². The van der Waals surface area contributed by atoms with Crippen molar-refractivity contribution in [1.29, 1.82) is 0 Å². The van der Waals surface area contributed by atoms with Crippen molar-refractivity contribution in [3.63, 3.8) is 0 Å². The second-order valence-electron chi connectivity index (χ2n) is 4.48. The zero-order valence-electron chi connectivity index (χ0n) is 10.6. The lowest BCUT2D eigenvalue weighted by atomic mass is 10.0. The molecule has 1 amide bonds. The van der Waals surface area contributed by atoms with Crippen LogP contribution in [0.4, 0.5) is 0 Å². The number of carbonyl (C=O) groups is 2. The van der Waals surface area contributed by atoms with Gasteiger partial charge in [-0.05, 0) is 12.1 Å². The highest BCUT2D eigenvalue weighted by molar-refractivity contribution is 6.01. The summed E-state index contributed by atoms with van der Waals surface area (Å²) in [6.45, 7) is 0. The molecular weight excluding hydrogens is 264 g/mol. The summed E-state index contributed by atoms with van der Waals surface area (Å²) in [6, 6.07) is 3.13. The van der Waals surface area contributed by atoms with Gasteiger partial charge in [0.25, 0.3) is 5.91 Å². The van der Waals surface area contributed by atoms with Gasteiger partial charge >= 0.3 is 0 Å². The van der Waals surface area contributed by atoms with Gasteiger partial charge in [0.05, 0.1) is 12.8 Å². The molecule has 3 atom stereocenters. The van der Waals surface area contributed by atoms with Gasteiger partial charge in [0.1, 0.15) is 23.9 Å². The van der Waals surface area contributed by atoms with Crippen molar-refractivity contribution in [3.05, 3.63) is 35.7 Å². The van der Waals surface area contributed by atoms with E-state index >= 15 is 0 Å². The number of ether oxygens (including phenoxy) is 2. The molecule has 0 spiro atoms. The topological polar surface area (TPSA) is 101 Å². The predicted octanol–water partition coefficient (Wildman–Crippen LogP) is -0.585. The molecule has 1 aliphatic heterocycles. The average Bonchev–Trinajstić information content (AvgIpc) is 3.25. The molecule has 2 N–H and O–H groups in total. The van der Waals surface area contributed by atoms with E-state index in [1.54, 1.807) is 6.07 Å². The Labute approximate surface area is 114 Å². The highest BCUT2D eigenvalue weighted by Crippen LogP contribution is 2.33. The molecule has 0 bridgehead atoms. The second-order valence-corrected chi connectivity index (χ2v) is 4.48. The summed E-state index contributed by atoms with van der Waals surface area (Å²) in [4.78, 5) is 27.6. The van der Waals surface area contributed by atoms with Crippen molar-refractivity contribution in [1.82, 2.24) is 10.3 Å². The van der Waals surface area contributed by atoms with Crippen molar-refractivity contribution < 1.29 is 24.2 Å². The summed E-state index contributed by atoms with van der Waals surface area (Å²) in [5, 5.41) is 12.4. The quantitative estimate of drug-likeness (QED) is 0.716. The van der Waals surface area contributed by atoms with E-state index in [0.717, 1.165) is 0 Å². The number of fused-ring (bicyclic) bond motifs is 1. The van der Waals surface area contributed by atoms with Gasteiger partial charge in [-0.3, -0.25) is 9.59 Å². The van der Waals surface area contributed by atoms with Gasteiger partial charge in [-0.2, -0.15) is 0 Å². The number of rotatable bonds is 3.